The number of rotatable bonds is 7. The molecular weight excluding hydrogens is 416 g/mol. The quantitative estimate of drug-likeness (QED) is 0.596. The predicted molar refractivity (Wildman–Crippen MR) is 110 cm³/mol. The standard InChI is InChI=1S/C19H17ClN4O4S/c1-24(10-16(25)22-14-6-3-2-5-13(14)20)17(26)9-12-11-29-19(21-12)23-18(27)15-7-4-8-28-15/h2-8,11H,9-10H2,1H3,(H,22,25)(H,21,23,27). The van der Waals surface area contributed by atoms with E-state index in [1.54, 1.807) is 35.7 Å². The zero-order chi connectivity index (χ0) is 20.8. The largest absolute Gasteiger partial charge is 0.459 e. The average molecular weight is 433 g/mol. The van der Waals surface area contributed by atoms with E-state index in [1.165, 1.54) is 35.6 Å². The Morgan fingerprint density at radius 3 is 2.69 bits per heavy atom. The van der Waals surface area contributed by atoms with E-state index in [9.17, 15) is 14.4 Å². The summed E-state index contributed by atoms with van der Waals surface area (Å²) in [7, 11) is 1.53. The van der Waals surface area contributed by atoms with Crippen molar-refractivity contribution in [2.75, 3.05) is 24.2 Å². The number of likely N-dealkylation sites (N-methyl/N-ethyl adjacent to an activating group) is 1. The first kappa shape index (κ1) is 20.6. The number of hydrogen-bond acceptors (Lipinski definition) is 6. The van der Waals surface area contributed by atoms with Crippen molar-refractivity contribution < 1.29 is 18.8 Å². The van der Waals surface area contributed by atoms with Crippen molar-refractivity contribution in [1.82, 2.24) is 9.88 Å². The summed E-state index contributed by atoms with van der Waals surface area (Å²) in [5, 5.41) is 7.72. The van der Waals surface area contributed by atoms with E-state index in [2.05, 4.69) is 15.6 Å². The Balaban J connectivity index is 1.50. The Morgan fingerprint density at radius 2 is 1.97 bits per heavy atom. The van der Waals surface area contributed by atoms with Gasteiger partial charge in [-0.2, -0.15) is 0 Å². The molecule has 0 aliphatic carbocycles. The van der Waals surface area contributed by atoms with Crippen LogP contribution in [0.4, 0.5) is 10.8 Å². The summed E-state index contributed by atoms with van der Waals surface area (Å²) in [5.41, 5.74) is 0.976. The number of amides is 3. The fourth-order valence-corrected chi connectivity index (χ4v) is 3.25. The molecule has 0 aliphatic rings. The molecule has 0 atom stereocenters. The van der Waals surface area contributed by atoms with Gasteiger partial charge in [-0.05, 0) is 24.3 Å². The van der Waals surface area contributed by atoms with E-state index in [-0.39, 0.29) is 30.5 Å². The van der Waals surface area contributed by atoms with Crippen LogP contribution in [0, 0.1) is 0 Å². The van der Waals surface area contributed by atoms with Crippen LogP contribution >= 0.6 is 22.9 Å². The summed E-state index contributed by atoms with van der Waals surface area (Å²) < 4.78 is 5.02. The molecule has 150 valence electrons. The van der Waals surface area contributed by atoms with Gasteiger partial charge in [-0.15, -0.1) is 11.3 Å². The summed E-state index contributed by atoms with van der Waals surface area (Å²) in [6.07, 6.45) is 1.40. The maximum Gasteiger partial charge on any atom is 0.293 e. The maximum absolute atomic E-state index is 12.4. The van der Waals surface area contributed by atoms with Gasteiger partial charge in [0, 0.05) is 12.4 Å². The second-order valence-electron chi connectivity index (χ2n) is 6.03. The number of aromatic nitrogens is 1. The van der Waals surface area contributed by atoms with Gasteiger partial charge in [0.25, 0.3) is 5.91 Å². The third kappa shape index (κ3) is 5.66. The second kappa shape index (κ2) is 9.35. The molecule has 1 aromatic carbocycles. The van der Waals surface area contributed by atoms with Crippen molar-refractivity contribution in [1.29, 1.82) is 0 Å². The first-order valence-electron chi connectivity index (χ1n) is 8.50. The molecular formula is C19H17ClN4O4S. The van der Waals surface area contributed by atoms with Crippen LogP contribution in [0.15, 0.2) is 52.5 Å². The van der Waals surface area contributed by atoms with Gasteiger partial charge in [-0.3, -0.25) is 19.7 Å². The lowest BCUT2D eigenvalue weighted by Crippen LogP contribution is -2.35. The minimum atomic E-state index is -0.421. The van der Waals surface area contributed by atoms with Crippen LogP contribution in [0.1, 0.15) is 16.2 Å². The van der Waals surface area contributed by atoms with Crippen LogP contribution in [0.3, 0.4) is 0 Å². The summed E-state index contributed by atoms with van der Waals surface area (Å²) >= 11 is 7.20. The van der Waals surface area contributed by atoms with Crippen molar-refractivity contribution in [2.24, 2.45) is 0 Å². The van der Waals surface area contributed by atoms with Crippen molar-refractivity contribution in [3.8, 4) is 0 Å². The highest BCUT2D eigenvalue weighted by atomic mass is 35.5. The normalized spacial score (nSPS) is 10.4. The zero-order valence-corrected chi connectivity index (χ0v) is 16.9. The third-order valence-corrected chi connectivity index (χ3v) is 4.94. The highest BCUT2D eigenvalue weighted by Gasteiger charge is 2.17. The molecule has 8 nitrogen and oxygen atoms in total. The molecule has 2 N–H and O–H groups in total. The Bertz CT molecular complexity index is 1020. The SMILES string of the molecule is CN(CC(=O)Nc1ccccc1Cl)C(=O)Cc1csc(NC(=O)c2ccco2)n1. The lowest BCUT2D eigenvalue weighted by molar-refractivity contribution is -0.132. The number of para-hydroxylation sites is 1. The summed E-state index contributed by atoms with van der Waals surface area (Å²) in [4.78, 5) is 42.0. The lowest BCUT2D eigenvalue weighted by atomic mass is 10.3. The smallest absolute Gasteiger partial charge is 0.293 e. The Morgan fingerprint density at radius 1 is 1.17 bits per heavy atom. The molecule has 29 heavy (non-hydrogen) atoms. The van der Waals surface area contributed by atoms with Gasteiger partial charge in [-0.25, -0.2) is 4.98 Å². The molecule has 2 aromatic heterocycles. The van der Waals surface area contributed by atoms with Gasteiger partial charge in [0.05, 0.1) is 35.6 Å². The number of nitrogens with one attached hydrogen (secondary N) is 2. The summed E-state index contributed by atoms with van der Waals surface area (Å²) in [5.74, 6) is -0.898. The molecule has 0 saturated carbocycles. The molecule has 10 heteroatoms. The number of carbonyl (C=O) groups is 3. The molecule has 3 amide bonds. The second-order valence-corrected chi connectivity index (χ2v) is 7.30. The monoisotopic (exact) mass is 432 g/mol. The fourth-order valence-electron chi connectivity index (χ4n) is 2.36. The number of halogens is 1. The first-order chi connectivity index (χ1) is 13.9. The van der Waals surface area contributed by atoms with Gasteiger partial charge >= 0.3 is 0 Å². The number of nitrogens with zero attached hydrogens (tertiary/aromatic N) is 2. The zero-order valence-electron chi connectivity index (χ0n) is 15.3. The van der Waals surface area contributed by atoms with Crippen molar-refractivity contribution in [2.45, 2.75) is 6.42 Å². The van der Waals surface area contributed by atoms with Gasteiger partial charge in [0.1, 0.15) is 0 Å². The summed E-state index contributed by atoms with van der Waals surface area (Å²) in [6, 6.07) is 9.99. The molecule has 0 aliphatic heterocycles. The van der Waals surface area contributed by atoms with Gasteiger partial charge in [-0.1, -0.05) is 23.7 Å². The lowest BCUT2D eigenvalue weighted by Gasteiger charge is -2.16. The minimum Gasteiger partial charge on any atom is -0.459 e. The molecule has 3 rings (SSSR count). The van der Waals surface area contributed by atoms with E-state index in [4.69, 9.17) is 16.0 Å². The molecule has 3 aromatic rings. The Labute approximate surface area is 175 Å². The van der Waals surface area contributed by atoms with E-state index in [0.717, 1.165) is 0 Å². The molecule has 0 bridgehead atoms. The number of carbonyl (C=O) groups excluding carboxylic acids is 3. The van der Waals surface area contributed by atoms with Crippen LogP contribution < -0.4 is 10.6 Å². The van der Waals surface area contributed by atoms with Crippen LogP contribution in [0.2, 0.25) is 5.02 Å². The Hall–Kier alpha value is -3.17. The minimum absolute atomic E-state index is 0.00297. The van der Waals surface area contributed by atoms with E-state index < -0.39 is 5.91 Å². The van der Waals surface area contributed by atoms with Crippen molar-refractivity contribution in [3.63, 3.8) is 0 Å². The number of hydrogen-bond donors (Lipinski definition) is 2. The molecule has 2 heterocycles. The van der Waals surface area contributed by atoms with Gasteiger partial charge < -0.3 is 14.6 Å². The van der Waals surface area contributed by atoms with Crippen LogP contribution in [0.25, 0.3) is 0 Å². The number of furan rings is 1. The molecule has 0 fully saturated rings. The van der Waals surface area contributed by atoms with Crippen LogP contribution in [-0.4, -0.2) is 41.2 Å². The number of thiazole rings is 1. The highest BCUT2D eigenvalue weighted by molar-refractivity contribution is 7.14. The third-order valence-electron chi connectivity index (χ3n) is 3.80. The maximum atomic E-state index is 12.4. The van der Waals surface area contributed by atoms with E-state index >= 15 is 0 Å². The van der Waals surface area contributed by atoms with Crippen molar-refractivity contribution >= 4 is 51.5 Å². The topological polar surface area (TPSA) is 105 Å². The summed E-state index contributed by atoms with van der Waals surface area (Å²) in [6.45, 7) is -0.129. The molecule has 0 radical (unpaired) electrons. The molecule has 0 spiro atoms. The van der Waals surface area contributed by atoms with E-state index in [1.807, 2.05) is 0 Å². The van der Waals surface area contributed by atoms with Crippen molar-refractivity contribution in [3.05, 3.63) is 64.5 Å². The van der Waals surface area contributed by atoms with E-state index in [0.29, 0.717) is 21.5 Å². The van der Waals surface area contributed by atoms with Gasteiger partial charge in [0.15, 0.2) is 10.9 Å². The van der Waals surface area contributed by atoms with Gasteiger partial charge in [0.2, 0.25) is 11.8 Å². The Kier molecular flexibility index (Phi) is 6.63. The highest BCUT2D eigenvalue weighted by Crippen LogP contribution is 2.20. The molecule has 0 unspecified atom stereocenters. The number of benzene rings is 1. The first-order valence-corrected chi connectivity index (χ1v) is 9.75. The average Bonchev–Trinajstić information content (AvgIpc) is 3.36. The van der Waals surface area contributed by atoms with Crippen LogP contribution in [0.5, 0.6) is 0 Å². The predicted octanol–water partition coefficient (Wildman–Crippen LogP) is 3.28. The molecule has 0 saturated heterocycles. The van der Waals surface area contributed by atoms with Crippen LogP contribution in [-0.2, 0) is 16.0 Å². The fraction of sp³-hybridized carbons (Fsp3) is 0.158. The number of anilines is 2.